The number of carbonyl (C=O) groups is 2. The molecule has 6 heteroatoms. The van der Waals surface area contributed by atoms with Gasteiger partial charge in [0, 0.05) is 12.6 Å². The summed E-state index contributed by atoms with van der Waals surface area (Å²) in [5.41, 5.74) is 5.25. The highest BCUT2D eigenvalue weighted by Gasteiger charge is 2.23. The van der Waals surface area contributed by atoms with E-state index in [0.717, 1.165) is 32.4 Å². The number of carbonyl (C=O) groups excluding carboxylic acids is 2. The molecule has 18 heavy (non-hydrogen) atoms. The van der Waals surface area contributed by atoms with Crippen molar-refractivity contribution in [2.24, 2.45) is 5.73 Å². The van der Waals surface area contributed by atoms with E-state index in [4.69, 9.17) is 5.73 Å². The van der Waals surface area contributed by atoms with Crippen LogP contribution in [-0.4, -0.2) is 55.5 Å². The highest BCUT2D eigenvalue weighted by atomic mass is 16.2. The lowest BCUT2D eigenvalue weighted by molar-refractivity contribution is -0.125. The lowest BCUT2D eigenvalue weighted by atomic mass is 10.0. The quantitative estimate of drug-likeness (QED) is 0.548. The lowest BCUT2D eigenvalue weighted by Gasteiger charge is -2.33. The first-order chi connectivity index (χ1) is 8.63. The summed E-state index contributed by atoms with van der Waals surface area (Å²) in [6, 6.07) is 0.270. The summed E-state index contributed by atoms with van der Waals surface area (Å²) < 4.78 is 0. The minimum absolute atomic E-state index is 0.0309. The molecule has 1 saturated heterocycles. The third-order valence-electron chi connectivity index (χ3n) is 3.10. The molecular formula is C12H24N4O2. The van der Waals surface area contributed by atoms with Gasteiger partial charge in [-0.15, -0.1) is 0 Å². The molecule has 0 aliphatic carbocycles. The van der Waals surface area contributed by atoms with Crippen molar-refractivity contribution in [1.82, 2.24) is 15.5 Å². The minimum atomic E-state index is -0.378. The molecule has 0 spiro atoms. The van der Waals surface area contributed by atoms with Crippen LogP contribution in [0, 0.1) is 0 Å². The maximum absolute atomic E-state index is 11.7. The Bertz CT molecular complexity index is 277. The van der Waals surface area contributed by atoms with Crippen LogP contribution in [0.25, 0.3) is 0 Å². The molecule has 1 aliphatic rings. The van der Waals surface area contributed by atoms with Gasteiger partial charge >= 0.3 is 0 Å². The standard InChI is InChI=1S/C12H24N4O2/c1-2-5-15-12(18)9-16(8-11(13)17)10-3-6-14-7-4-10/h10,14H,2-9H2,1H3,(H2,13,17)(H,15,18). The number of nitrogens with two attached hydrogens (primary N) is 1. The molecule has 104 valence electrons. The van der Waals surface area contributed by atoms with Crippen LogP contribution in [0.2, 0.25) is 0 Å². The van der Waals surface area contributed by atoms with Crippen LogP contribution in [0.15, 0.2) is 0 Å². The molecule has 0 radical (unpaired) electrons. The van der Waals surface area contributed by atoms with E-state index < -0.39 is 0 Å². The third-order valence-corrected chi connectivity index (χ3v) is 3.10. The first-order valence-electron chi connectivity index (χ1n) is 6.63. The summed E-state index contributed by atoms with van der Waals surface area (Å²) in [6.45, 7) is 4.95. The van der Waals surface area contributed by atoms with Crippen molar-refractivity contribution in [3.8, 4) is 0 Å². The second-order valence-electron chi connectivity index (χ2n) is 4.70. The summed E-state index contributed by atoms with van der Waals surface area (Å²) in [5.74, 6) is -0.409. The maximum atomic E-state index is 11.7. The Hall–Kier alpha value is -1.14. The summed E-state index contributed by atoms with van der Waals surface area (Å²) in [7, 11) is 0. The number of nitrogens with zero attached hydrogens (tertiary/aromatic N) is 1. The zero-order chi connectivity index (χ0) is 13.4. The first kappa shape index (κ1) is 14.9. The van der Waals surface area contributed by atoms with Gasteiger partial charge < -0.3 is 16.4 Å². The van der Waals surface area contributed by atoms with E-state index in [9.17, 15) is 9.59 Å². The van der Waals surface area contributed by atoms with Crippen molar-refractivity contribution < 1.29 is 9.59 Å². The average Bonchev–Trinajstić information content (AvgIpc) is 2.36. The number of primary amides is 1. The molecule has 4 N–H and O–H groups in total. The van der Waals surface area contributed by atoms with Crippen molar-refractivity contribution in [3.63, 3.8) is 0 Å². The van der Waals surface area contributed by atoms with E-state index >= 15 is 0 Å². The fraction of sp³-hybridized carbons (Fsp3) is 0.833. The highest BCUT2D eigenvalue weighted by Crippen LogP contribution is 2.11. The zero-order valence-corrected chi connectivity index (χ0v) is 11.1. The monoisotopic (exact) mass is 256 g/mol. The van der Waals surface area contributed by atoms with E-state index in [-0.39, 0.29) is 30.9 Å². The van der Waals surface area contributed by atoms with Crippen molar-refractivity contribution in [1.29, 1.82) is 0 Å². The van der Waals surface area contributed by atoms with Crippen molar-refractivity contribution >= 4 is 11.8 Å². The fourth-order valence-electron chi connectivity index (χ4n) is 2.19. The average molecular weight is 256 g/mol. The Morgan fingerprint density at radius 3 is 2.56 bits per heavy atom. The summed E-state index contributed by atoms with van der Waals surface area (Å²) in [4.78, 5) is 24.7. The van der Waals surface area contributed by atoms with Crippen LogP contribution in [0.5, 0.6) is 0 Å². The van der Waals surface area contributed by atoms with E-state index in [1.54, 1.807) is 0 Å². The molecule has 1 aliphatic heterocycles. The normalized spacial score (nSPS) is 16.8. The molecule has 0 saturated carbocycles. The molecule has 1 rings (SSSR count). The van der Waals surface area contributed by atoms with Crippen LogP contribution in [0.4, 0.5) is 0 Å². The van der Waals surface area contributed by atoms with Gasteiger partial charge in [-0.2, -0.15) is 0 Å². The molecule has 0 unspecified atom stereocenters. The van der Waals surface area contributed by atoms with Gasteiger partial charge in [0.15, 0.2) is 0 Å². The van der Waals surface area contributed by atoms with E-state index in [1.165, 1.54) is 0 Å². The third kappa shape index (κ3) is 5.46. The largest absolute Gasteiger partial charge is 0.369 e. The van der Waals surface area contributed by atoms with Crippen LogP contribution in [0.1, 0.15) is 26.2 Å². The smallest absolute Gasteiger partial charge is 0.234 e. The molecule has 0 aromatic heterocycles. The van der Waals surface area contributed by atoms with Gasteiger partial charge in [0.25, 0.3) is 0 Å². The number of amides is 2. The minimum Gasteiger partial charge on any atom is -0.369 e. The topological polar surface area (TPSA) is 87.5 Å². The second kappa shape index (κ2) is 8.05. The molecule has 0 atom stereocenters. The molecule has 6 nitrogen and oxygen atoms in total. The van der Waals surface area contributed by atoms with E-state index in [0.29, 0.717) is 6.54 Å². The van der Waals surface area contributed by atoms with Gasteiger partial charge in [-0.1, -0.05) is 6.92 Å². The molecule has 0 aromatic carbocycles. The number of hydrogen-bond acceptors (Lipinski definition) is 4. The first-order valence-corrected chi connectivity index (χ1v) is 6.63. The van der Waals surface area contributed by atoms with Gasteiger partial charge in [-0.3, -0.25) is 14.5 Å². The molecular weight excluding hydrogens is 232 g/mol. The zero-order valence-electron chi connectivity index (χ0n) is 11.1. The summed E-state index contributed by atoms with van der Waals surface area (Å²) in [5, 5.41) is 6.09. The van der Waals surface area contributed by atoms with Gasteiger partial charge in [0.2, 0.25) is 11.8 Å². The predicted molar refractivity (Wildman–Crippen MR) is 70.0 cm³/mol. The van der Waals surface area contributed by atoms with Crippen molar-refractivity contribution in [2.45, 2.75) is 32.2 Å². The maximum Gasteiger partial charge on any atom is 0.234 e. The van der Waals surface area contributed by atoms with Gasteiger partial charge in [0.05, 0.1) is 13.1 Å². The Morgan fingerprint density at radius 1 is 1.33 bits per heavy atom. The molecule has 0 aromatic rings. The Morgan fingerprint density at radius 2 is 2.00 bits per heavy atom. The summed E-state index contributed by atoms with van der Waals surface area (Å²) in [6.07, 6.45) is 2.82. The Kier molecular flexibility index (Phi) is 6.67. The van der Waals surface area contributed by atoms with Crippen molar-refractivity contribution in [2.75, 3.05) is 32.7 Å². The van der Waals surface area contributed by atoms with Gasteiger partial charge in [-0.05, 0) is 32.4 Å². The van der Waals surface area contributed by atoms with E-state index in [2.05, 4.69) is 10.6 Å². The van der Waals surface area contributed by atoms with Crippen LogP contribution in [0.3, 0.4) is 0 Å². The van der Waals surface area contributed by atoms with E-state index in [1.807, 2.05) is 11.8 Å². The number of nitrogens with one attached hydrogen (secondary N) is 2. The Balaban J connectivity index is 2.48. The second-order valence-corrected chi connectivity index (χ2v) is 4.70. The van der Waals surface area contributed by atoms with Crippen LogP contribution < -0.4 is 16.4 Å². The molecule has 2 amide bonds. The number of hydrogen-bond donors (Lipinski definition) is 3. The SMILES string of the molecule is CCCNC(=O)CN(CC(N)=O)C1CCNCC1. The number of piperidine rings is 1. The predicted octanol–water partition coefficient (Wildman–Crippen LogP) is -0.948. The molecule has 1 heterocycles. The lowest BCUT2D eigenvalue weighted by Crippen LogP contribution is -2.50. The summed E-state index contributed by atoms with van der Waals surface area (Å²) >= 11 is 0. The molecule has 0 bridgehead atoms. The van der Waals surface area contributed by atoms with Crippen LogP contribution in [-0.2, 0) is 9.59 Å². The van der Waals surface area contributed by atoms with Gasteiger partial charge in [-0.25, -0.2) is 0 Å². The molecule has 1 fully saturated rings. The van der Waals surface area contributed by atoms with Gasteiger partial charge in [0.1, 0.15) is 0 Å². The Labute approximate surface area is 108 Å². The van der Waals surface area contributed by atoms with Crippen LogP contribution >= 0.6 is 0 Å². The fourth-order valence-corrected chi connectivity index (χ4v) is 2.19. The van der Waals surface area contributed by atoms with Crippen molar-refractivity contribution in [3.05, 3.63) is 0 Å². The number of rotatable bonds is 7. The highest BCUT2D eigenvalue weighted by molar-refractivity contribution is 5.80.